The van der Waals surface area contributed by atoms with Gasteiger partial charge in [-0.1, -0.05) is 0 Å². The molecule has 1 N–H and O–H groups in total. The molecule has 3 rings (SSSR count). The van der Waals surface area contributed by atoms with Gasteiger partial charge in [-0.25, -0.2) is 4.98 Å². The minimum Gasteiger partial charge on any atom is -0.497 e. The molecule has 1 aliphatic carbocycles. The van der Waals surface area contributed by atoms with Crippen LogP contribution in [0, 0.1) is 0 Å². The van der Waals surface area contributed by atoms with E-state index < -0.39 is 0 Å². The summed E-state index contributed by atoms with van der Waals surface area (Å²) < 4.78 is 13.2. The van der Waals surface area contributed by atoms with Gasteiger partial charge in [-0.15, -0.1) is 0 Å². The molecule has 1 fully saturated rings. The van der Waals surface area contributed by atoms with Crippen LogP contribution in [0.5, 0.6) is 11.5 Å². The Bertz CT molecular complexity index is 565. The molecule has 2 aromatic rings. The number of nitrogens with one attached hydrogen (secondary N) is 1. The number of aromatic nitrogens is 2. The van der Waals surface area contributed by atoms with Crippen LogP contribution in [0.1, 0.15) is 18.4 Å². The lowest BCUT2D eigenvalue weighted by atomic mass is 10.2. The van der Waals surface area contributed by atoms with Gasteiger partial charge in [-0.3, -0.25) is 0 Å². The molecule has 5 heteroatoms. The van der Waals surface area contributed by atoms with E-state index in [-0.39, 0.29) is 0 Å². The molecule has 0 atom stereocenters. The predicted octanol–water partition coefficient (Wildman–Crippen LogP) is 2.22. The second kappa shape index (κ2) is 6.63. The van der Waals surface area contributed by atoms with Gasteiger partial charge in [0.2, 0.25) is 0 Å². The Morgan fingerprint density at radius 3 is 3.00 bits per heavy atom. The highest BCUT2D eigenvalue weighted by Crippen LogP contribution is 2.26. The molecular weight excluding hydrogens is 266 g/mol. The monoisotopic (exact) mass is 287 g/mol. The first-order chi connectivity index (χ1) is 10.3. The van der Waals surface area contributed by atoms with E-state index in [2.05, 4.69) is 10.3 Å². The quantitative estimate of drug-likeness (QED) is 0.809. The second-order valence-corrected chi connectivity index (χ2v) is 5.28. The largest absolute Gasteiger partial charge is 0.497 e. The van der Waals surface area contributed by atoms with Crippen LogP contribution in [0.3, 0.4) is 0 Å². The number of imidazole rings is 1. The van der Waals surface area contributed by atoms with Crippen LogP contribution in [-0.2, 0) is 13.1 Å². The van der Waals surface area contributed by atoms with Gasteiger partial charge >= 0.3 is 0 Å². The molecule has 1 aromatic carbocycles. The third kappa shape index (κ3) is 3.98. The molecule has 1 aliphatic rings. The summed E-state index contributed by atoms with van der Waals surface area (Å²) in [6.45, 7) is 2.24. The summed E-state index contributed by atoms with van der Waals surface area (Å²) in [5.74, 6) is 1.79. The molecule has 5 nitrogen and oxygen atoms in total. The highest BCUT2D eigenvalue weighted by molar-refractivity contribution is 5.40. The first kappa shape index (κ1) is 13.9. The number of ether oxygens (including phenoxy) is 2. The van der Waals surface area contributed by atoms with Crippen molar-refractivity contribution in [2.75, 3.05) is 13.7 Å². The van der Waals surface area contributed by atoms with Crippen molar-refractivity contribution in [3.63, 3.8) is 0 Å². The van der Waals surface area contributed by atoms with E-state index in [1.807, 2.05) is 29.0 Å². The summed E-state index contributed by atoms with van der Waals surface area (Å²) in [6, 6.07) is 6.64. The van der Waals surface area contributed by atoms with Crippen molar-refractivity contribution in [1.29, 1.82) is 0 Å². The van der Waals surface area contributed by atoms with E-state index in [4.69, 9.17) is 9.47 Å². The Kier molecular flexibility index (Phi) is 4.40. The van der Waals surface area contributed by atoms with Gasteiger partial charge < -0.3 is 19.4 Å². The van der Waals surface area contributed by atoms with E-state index in [0.717, 1.165) is 30.2 Å². The smallest absolute Gasteiger partial charge is 0.124 e. The van der Waals surface area contributed by atoms with E-state index >= 15 is 0 Å². The van der Waals surface area contributed by atoms with E-state index in [1.54, 1.807) is 19.6 Å². The fourth-order valence-electron chi connectivity index (χ4n) is 2.18. The lowest BCUT2D eigenvalue weighted by molar-refractivity contribution is 0.294. The Labute approximate surface area is 124 Å². The normalized spacial score (nSPS) is 14.1. The van der Waals surface area contributed by atoms with Crippen LogP contribution in [0.15, 0.2) is 36.9 Å². The molecule has 1 heterocycles. The Hall–Kier alpha value is -2.01. The van der Waals surface area contributed by atoms with Crippen LogP contribution < -0.4 is 14.8 Å². The van der Waals surface area contributed by atoms with Gasteiger partial charge in [0.1, 0.15) is 18.1 Å². The van der Waals surface area contributed by atoms with Gasteiger partial charge in [0.25, 0.3) is 0 Å². The topological polar surface area (TPSA) is 48.3 Å². The van der Waals surface area contributed by atoms with Crippen molar-refractivity contribution in [3.05, 3.63) is 42.5 Å². The number of rotatable bonds is 8. The SMILES string of the molecule is COc1ccc(OCCn2ccnc2)c(CNC2CC2)c1. The van der Waals surface area contributed by atoms with E-state index in [9.17, 15) is 0 Å². The Morgan fingerprint density at radius 1 is 1.38 bits per heavy atom. The number of nitrogens with zero attached hydrogens (tertiary/aromatic N) is 2. The Balaban J connectivity index is 1.60. The molecule has 1 saturated carbocycles. The first-order valence-electron chi connectivity index (χ1n) is 7.34. The molecule has 0 radical (unpaired) electrons. The number of methoxy groups -OCH3 is 1. The van der Waals surface area contributed by atoms with Crippen LogP contribution >= 0.6 is 0 Å². The van der Waals surface area contributed by atoms with Crippen molar-refractivity contribution >= 4 is 0 Å². The average molecular weight is 287 g/mol. The van der Waals surface area contributed by atoms with Crippen molar-refractivity contribution in [3.8, 4) is 11.5 Å². The van der Waals surface area contributed by atoms with Crippen LogP contribution in [0.4, 0.5) is 0 Å². The maximum atomic E-state index is 5.92. The summed E-state index contributed by atoms with van der Waals surface area (Å²) in [6.07, 6.45) is 8.07. The summed E-state index contributed by atoms with van der Waals surface area (Å²) in [7, 11) is 1.69. The molecule has 0 amide bonds. The molecule has 21 heavy (non-hydrogen) atoms. The average Bonchev–Trinajstić information content (AvgIpc) is 3.20. The molecule has 0 unspecified atom stereocenters. The lowest BCUT2D eigenvalue weighted by Crippen LogP contribution is -2.16. The number of hydrogen-bond donors (Lipinski definition) is 1. The van der Waals surface area contributed by atoms with Crippen LogP contribution in [0.2, 0.25) is 0 Å². The highest BCUT2D eigenvalue weighted by Gasteiger charge is 2.20. The fourth-order valence-corrected chi connectivity index (χ4v) is 2.18. The fraction of sp³-hybridized carbons (Fsp3) is 0.438. The zero-order valence-corrected chi connectivity index (χ0v) is 12.3. The number of benzene rings is 1. The Morgan fingerprint density at radius 2 is 2.29 bits per heavy atom. The highest BCUT2D eigenvalue weighted by atomic mass is 16.5. The summed E-state index contributed by atoms with van der Waals surface area (Å²) in [5.41, 5.74) is 1.15. The zero-order valence-electron chi connectivity index (χ0n) is 12.3. The van der Waals surface area contributed by atoms with Gasteiger partial charge in [-0.05, 0) is 31.0 Å². The minimum absolute atomic E-state index is 0.624. The maximum absolute atomic E-state index is 5.92. The van der Waals surface area contributed by atoms with E-state index in [1.165, 1.54) is 12.8 Å². The minimum atomic E-state index is 0.624. The molecular formula is C16H21N3O2. The summed E-state index contributed by atoms with van der Waals surface area (Å²) >= 11 is 0. The van der Waals surface area contributed by atoms with Gasteiger partial charge in [0.15, 0.2) is 0 Å². The van der Waals surface area contributed by atoms with E-state index in [0.29, 0.717) is 12.6 Å². The molecule has 0 spiro atoms. The third-order valence-electron chi connectivity index (χ3n) is 3.59. The van der Waals surface area contributed by atoms with Crippen LogP contribution in [-0.4, -0.2) is 29.3 Å². The molecule has 0 saturated heterocycles. The van der Waals surface area contributed by atoms with Crippen LogP contribution in [0.25, 0.3) is 0 Å². The summed E-state index contributed by atoms with van der Waals surface area (Å²) in [5, 5.41) is 3.52. The maximum Gasteiger partial charge on any atom is 0.124 e. The molecule has 0 bridgehead atoms. The van der Waals surface area contributed by atoms with Crippen molar-refractivity contribution < 1.29 is 9.47 Å². The third-order valence-corrected chi connectivity index (χ3v) is 3.59. The molecule has 112 valence electrons. The first-order valence-corrected chi connectivity index (χ1v) is 7.34. The van der Waals surface area contributed by atoms with Crippen molar-refractivity contribution in [2.45, 2.75) is 32.0 Å². The molecule has 0 aliphatic heterocycles. The summed E-state index contributed by atoms with van der Waals surface area (Å²) in [4.78, 5) is 4.02. The van der Waals surface area contributed by atoms with Gasteiger partial charge in [0, 0.05) is 30.5 Å². The molecule has 1 aromatic heterocycles. The predicted molar refractivity (Wildman–Crippen MR) is 80.6 cm³/mol. The van der Waals surface area contributed by atoms with Gasteiger partial charge in [0.05, 0.1) is 20.0 Å². The lowest BCUT2D eigenvalue weighted by Gasteiger charge is -2.14. The van der Waals surface area contributed by atoms with Gasteiger partial charge in [-0.2, -0.15) is 0 Å². The van der Waals surface area contributed by atoms with Crippen molar-refractivity contribution in [1.82, 2.24) is 14.9 Å². The number of hydrogen-bond acceptors (Lipinski definition) is 4. The standard InChI is InChI=1S/C16H21N3O2/c1-20-15-4-5-16(13(10-15)11-18-14-2-3-14)21-9-8-19-7-6-17-12-19/h4-7,10,12,14,18H,2-3,8-9,11H2,1H3. The van der Waals surface area contributed by atoms with Crippen molar-refractivity contribution in [2.24, 2.45) is 0 Å². The zero-order chi connectivity index (χ0) is 14.5. The second-order valence-electron chi connectivity index (χ2n) is 5.28.